The normalized spacial score (nSPS) is 16.3. The number of halogens is 3. The summed E-state index contributed by atoms with van der Waals surface area (Å²) in [5.74, 6) is 0.0169. The van der Waals surface area contributed by atoms with E-state index in [2.05, 4.69) is 4.98 Å². The molecule has 138 valence electrons. The van der Waals surface area contributed by atoms with E-state index in [9.17, 15) is 26.7 Å². The zero-order chi connectivity index (χ0) is 18.9. The van der Waals surface area contributed by atoms with Crippen LogP contribution in [0.3, 0.4) is 0 Å². The molecule has 1 aliphatic rings. The summed E-state index contributed by atoms with van der Waals surface area (Å²) >= 11 is 0. The Balaban J connectivity index is 1.79. The van der Waals surface area contributed by atoms with Crippen molar-refractivity contribution in [3.05, 3.63) is 59.9 Å². The van der Waals surface area contributed by atoms with E-state index in [0.717, 1.165) is 29.8 Å². The van der Waals surface area contributed by atoms with Gasteiger partial charge in [-0.05, 0) is 47.9 Å². The van der Waals surface area contributed by atoms with Crippen molar-refractivity contribution in [1.29, 1.82) is 0 Å². The summed E-state index contributed by atoms with van der Waals surface area (Å²) in [5, 5.41) is 9.48. The largest absolute Gasteiger partial charge is 0.506 e. The molecule has 0 amide bonds. The SMILES string of the molecule is O=S(=O)(c1ccc(C(F)(F)F)cc1)N1CC=C(c2cncc(O)c2)CC1. The van der Waals surface area contributed by atoms with Crippen LogP contribution in [0.5, 0.6) is 5.75 Å². The minimum absolute atomic E-state index is 0.0169. The van der Waals surface area contributed by atoms with Crippen molar-refractivity contribution in [1.82, 2.24) is 9.29 Å². The summed E-state index contributed by atoms with van der Waals surface area (Å²) in [6.07, 6.45) is 0.479. The Hall–Kier alpha value is -2.39. The molecule has 0 saturated carbocycles. The summed E-state index contributed by atoms with van der Waals surface area (Å²) in [4.78, 5) is 3.71. The van der Waals surface area contributed by atoms with Crippen LogP contribution in [0.1, 0.15) is 17.5 Å². The number of alkyl halides is 3. The van der Waals surface area contributed by atoms with Gasteiger partial charge in [0.05, 0.1) is 16.7 Å². The van der Waals surface area contributed by atoms with Crippen molar-refractivity contribution in [2.24, 2.45) is 0 Å². The lowest BCUT2D eigenvalue weighted by Gasteiger charge is -2.26. The molecule has 2 heterocycles. The molecule has 0 atom stereocenters. The number of aromatic nitrogens is 1. The lowest BCUT2D eigenvalue weighted by Crippen LogP contribution is -2.34. The van der Waals surface area contributed by atoms with Crippen molar-refractivity contribution >= 4 is 15.6 Å². The minimum Gasteiger partial charge on any atom is -0.506 e. The third-order valence-corrected chi connectivity index (χ3v) is 5.97. The third kappa shape index (κ3) is 3.73. The fourth-order valence-electron chi connectivity index (χ4n) is 2.70. The Morgan fingerprint density at radius 2 is 1.81 bits per heavy atom. The van der Waals surface area contributed by atoms with Crippen molar-refractivity contribution < 1.29 is 26.7 Å². The standard InChI is InChI=1S/C17H15F3N2O3S/c18-17(19,20)14-1-3-16(4-2-14)26(24,25)22-7-5-12(6-8-22)13-9-15(23)11-21-10-13/h1-5,9-11,23H,6-8H2. The lowest BCUT2D eigenvalue weighted by atomic mass is 10.0. The first-order chi connectivity index (χ1) is 12.2. The van der Waals surface area contributed by atoms with Crippen LogP contribution >= 0.6 is 0 Å². The number of pyridine rings is 1. The number of benzene rings is 1. The lowest BCUT2D eigenvalue weighted by molar-refractivity contribution is -0.137. The Morgan fingerprint density at radius 1 is 1.12 bits per heavy atom. The van der Waals surface area contributed by atoms with Gasteiger partial charge in [-0.2, -0.15) is 17.5 Å². The molecule has 5 nitrogen and oxygen atoms in total. The maximum absolute atomic E-state index is 12.6. The first kappa shape index (κ1) is 18.4. The number of sulfonamides is 1. The molecule has 0 saturated heterocycles. The first-order valence-electron chi connectivity index (χ1n) is 7.69. The average molecular weight is 384 g/mol. The van der Waals surface area contributed by atoms with E-state index >= 15 is 0 Å². The number of hydrogen-bond acceptors (Lipinski definition) is 4. The highest BCUT2D eigenvalue weighted by Gasteiger charge is 2.32. The molecule has 0 radical (unpaired) electrons. The van der Waals surface area contributed by atoms with Gasteiger partial charge in [0, 0.05) is 19.3 Å². The number of rotatable bonds is 3. The van der Waals surface area contributed by atoms with Crippen LogP contribution < -0.4 is 0 Å². The van der Waals surface area contributed by atoms with Gasteiger partial charge in [-0.15, -0.1) is 0 Å². The average Bonchev–Trinajstić information content (AvgIpc) is 2.61. The van der Waals surface area contributed by atoms with Crippen molar-refractivity contribution in [2.45, 2.75) is 17.5 Å². The van der Waals surface area contributed by atoms with Crippen LogP contribution in [0.2, 0.25) is 0 Å². The third-order valence-electron chi connectivity index (χ3n) is 4.09. The summed E-state index contributed by atoms with van der Waals surface area (Å²) in [5.41, 5.74) is 0.664. The van der Waals surface area contributed by atoms with E-state index in [4.69, 9.17) is 0 Å². The van der Waals surface area contributed by atoms with Crippen LogP contribution in [-0.2, 0) is 16.2 Å². The molecule has 0 aliphatic carbocycles. The zero-order valence-electron chi connectivity index (χ0n) is 13.4. The predicted octanol–water partition coefficient (Wildman–Crippen LogP) is 3.28. The smallest absolute Gasteiger partial charge is 0.416 e. The molecule has 3 rings (SSSR count). The summed E-state index contributed by atoms with van der Waals surface area (Å²) in [7, 11) is -3.88. The van der Waals surface area contributed by atoms with Crippen LogP contribution in [0.15, 0.2) is 53.7 Å². The highest BCUT2D eigenvalue weighted by Crippen LogP contribution is 2.31. The molecule has 9 heteroatoms. The van der Waals surface area contributed by atoms with Gasteiger partial charge in [0.1, 0.15) is 5.75 Å². The highest BCUT2D eigenvalue weighted by atomic mass is 32.2. The number of nitrogens with zero attached hydrogens (tertiary/aromatic N) is 2. The van der Waals surface area contributed by atoms with Crippen LogP contribution in [0.25, 0.3) is 5.57 Å². The van der Waals surface area contributed by atoms with Crippen molar-refractivity contribution in [3.63, 3.8) is 0 Å². The maximum Gasteiger partial charge on any atom is 0.416 e. The predicted molar refractivity (Wildman–Crippen MR) is 88.7 cm³/mol. The molecule has 0 fully saturated rings. The molecule has 1 N–H and O–H groups in total. The molecule has 2 aromatic rings. The van der Waals surface area contributed by atoms with Gasteiger partial charge in [-0.3, -0.25) is 4.98 Å². The van der Waals surface area contributed by atoms with Gasteiger partial charge < -0.3 is 5.11 Å². The second-order valence-corrected chi connectivity index (χ2v) is 7.73. The molecule has 1 aliphatic heterocycles. The van der Waals surface area contributed by atoms with Crippen LogP contribution in [0.4, 0.5) is 13.2 Å². The highest BCUT2D eigenvalue weighted by molar-refractivity contribution is 7.89. The monoisotopic (exact) mass is 384 g/mol. The first-order valence-corrected chi connectivity index (χ1v) is 9.13. The van der Waals surface area contributed by atoms with Gasteiger partial charge in [-0.1, -0.05) is 6.08 Å². The van der Waals surface area contributed by atoms with Crippen molar-refractivity contribution in [2.75, 3.05) is 13.1 Å². The summed E-state index contributed by atoms with van der Waals surface area (Å²) in [6, 6.07) is 5.00. The Bertz CT molecular complexity index is 938. The fraction of sp³-hybridized carbons (Fsp3) is 0.235. The van der Waals surface area contributed by atoms with E-state index < -0.39 is 21.8 Å². The van der Waals surface area contributed by atoms with Gasteiger partial charge in [-0.25, -0.2) is 8.42 Å². The molecular formula is C17H15F3N2O3S. The summed E-state index contributed by atoms with van der Waals surface area (Å²) in [6.45, 7) is 0.277. The van der Waals surface area contributed by atoms with Gasteiger partial charge in [0.25, 0.3) is 0 Å². The van der Waals surface area contributed by atoms with E-state index in [1.165, 1.54) is 10.5 Å². The molecular weight excluding hydrogens is 369 g/mol. The Labute approximate surface area is 148 Å². The van der Waals surface area contributed by atoms with Gasteiger partial charge >= 0.3 is 6.18 Å². The Kier molecular flexibility index (Phi) is 4.76. The molecule has 0 spiro atoms. The molecule has 0 unspecified atom stereocenters. The topological polar surface area (TPSA) is 70.5 Å². The molecule has 26 heavy (non-hydrogen) atoms. The van der Waals surface area contributed by atoms with Gasteiger partial charge in [0.15, 0.2) is 0 Å². The maximum atomic E-state index is 12.6. The van der Waals surface area contributed by atoms with Crippen LogP contribution in [-0.4, -0.2) is 35.9 Å². The van der Waals surface area contributed by atoms with E-state index in [-0.39, 0.29) is 23.7 Å². The second kappa shape index (κ2) is 6.73. The quantitative estimate of drug-likeness (QED) is 0.882. The molecule has 1 aromatic heterocycles. The van der Waals surface area contributed by atoms with E-state index in [1.54, 1.807) is 18.3 Å². The molecule has 1 aromatic carbocycles. The summed E-state index contributed by atoms with van der Waals surface area (Å²) < 4.78 is 64.3. The minimum atomic E-state index is -4.51. The fourth-order valence-corrected chi connectivity index (χ4v) is 4.08. The van der Waals surface area contributed by atoms with Crippen LogP contribution in [0, 0.1) is 0 Å². The Morgan fingerprint density at radius 3 is 2.35 bits per heavy atom. The van der Waals surface area contributed by atoms with E-state index in [0.29, 0.717) is 12.0 Å². The van der Waals surface area contributed by atoms with Gasteiger partial charge in [0.2, 0.25) is 10.0 Å². The van der Waals surface area contributed by atoms with Crippen molar-refractivity contribution in [3.8, 4) is 5.75 Å². The molecule has 0 bridgehead atoms. The zero-order valence-corrected chi connectivity index (χ0v) is 14.3. The number of hydrogen-bond donors (Lipinski definition) is 1. The van der Waals surface area contributed by atoms with E-state index in [1.807, 2.05) is 0 Å². The number of aromatic hydroxyl groups is 1. The second-order valence-electron chi connectivity index (χ2n) is 5.80.